The van der Waals surface area contributed by atoms with Crippen molar-refractivity contribution in [1.82, 2.24) is 4.90 Å². The van der Waals surface area contributed by atoms with E-state index in [0.717, 1.165) is 18.4 Å². The van der Waals surface area contributed by atoms with Crippen LogP contribution < -0.4 is 4.74 Å². The lowest BCUT2D eigenvalue weighted by Gasteiger charge is -2.25. The average molecular weight is 422 g/mol. The summed E-state index contributed by atoms with van der Waals surface area (Å²) in [5.41, 5.74) is 0.797. The molecule has 0 saturated heterocycles. The van der Waals surface area contributed by atoms with Crippen molar-refractivity contribution in [2.75, 3.05) is 32.9 Å². The Kier molecular flexibility index (Phi) is 8.96. The number of ether oxygens (including phenoxy) is 3. The Hall–Kier alpha value is -2.28. The minimum absolute atomic E-state index is 0.0685. The highest BCUT2D eigenvalue weighted by atomic mass is 16.6. The van der Waals surface area contributed by atoms with Crippen LogP contribution in [0.15, 0.2) is 24.3 Å². The van der Waals surface area contributed by atoms with Crippen LogP contribution in [0.2, 0.25) is 0 Å². The summed E-state index contributed by atoms with van der Waals surface area (Å²) in [7, 11) is 0. The summed E-state index contributed by atoms with van der Waals surface area (Å²) < 4.78 is 16.5. The van der Waals surface area contributed by atoms with Crippen molar-refractivity contribution in [3.8, 4) is 5.75 Å². The van der Waals surface area contributed by atoms with Crippen LogP contribution in [0.4, 0.5) is 4.79 Å². The third kappa shape index (κ3) is 9.03. The van der Waals surface area contributed by atoms with Crippen LogP contribution in [0.25, 0.3) is 0 Å². The number of carbonyl (C=O) groups is 2. The summed E-state index contributed by atoms with van der Waals surface area (Å²) in [4.78, 5) is 25.4. The fourth-order valence-corrected chi connectivity index (χ4v) is 2.87. The molecule has 0 aromatic heterocycles. The van der Waals surface area contributed by atoms with Gasteiger partial charge in [-0.25, -0.2) is 9.59 Å². The molecule has 7 nitrogen and oxygen atoms in total. The molecule has 0 bridgehead atoms. The van der Waals surface area contributed by atoms with Crippen LogP contribution in [-0.2, 0) is 20.7 Å². The molecule has 30 heavy (non-hydrogen) atoms. The first-order valence-corrected chi connectivity index (χ1v) is 10.7. The van der Waals surface area contributed by atoms with Gasteiger partial charge >= 0.3 is 12.1 Å². The SMILES string of the molecule is CCOC(Cc1ccc(OCCN(CC2CC2)C(=O)OCC(C)(C)C)cc1)C(=O)O. The number of carboxylic acids is 1. The number of hydrogen-bond donors (Lipinski definition) is 1. The number of amides is 1. The van der Waals surface area contributed by atoms with E-state index < -0.39 is 12.1 Å². The molecule has 1 unspecified atom stereocenters. The number of carboxylic acid groups (broad SMARTS) is 1. The van der Waals surface area contributed by atoms with Gasteiger partial charge in [0.05, 0.1) is 13.2 Å². The molecule has 1 N–H and O–H groups in total. The Balaban J connectivity index is 1.82. The van der Waals surface area contributed by atoms with Crippen molar-refractivity contribution in [2.45, 2.75) is 53.1 Å². The maximum absolute atomic E-state index is 12.4. The van der Waals surface area contributed by atoms with Gasteiger partial charge < -0.3 is 24.2 Å². The first kappa shape index (κ1) is 24.0. The van der Waals surface area contributed by atoms with Gasteiger partial charge in [-0.1, -0.05) is 32.9 Å². The van der Waals surface area contributed by atoms with Gasteiger partial charge in [0.2, 0.25) is 0 Å². The lowest BCUT2D eigenvalue weighted by molar-refractivity contribution is -0.149. The summed E-state index contributed by atoms with van der Waals surface area (Å²) >= 11 is 0. The number of hydrogen-bond acceptors (Lipinski definition) is 5. The molecular weight excluding hydrogens is 386 g/mol. The number of rotatable bonds is 12. The predicted molar refractivity (Wildman–Crippen MR) is 114 cm³/mol. The Bertz CT molecular complexity index is 678. The van der Waals surface area contributed by atoms with Crippen molar-refractivity contribution >= 4 is 12.1 Å². The maximum atomic E-state index is 12.4. The Morgan fingerprint density at radius 1 is 1.20 bits per heavy atom. The molecule has 1 saturated carbocycles. The van der Waals surface area contributed by atoms with E-state index in [9.17, 15) is 14.7 Å². The normalized spacial score (nSPS) is 14.8. The fourth-order valence-electron chi connectivity index (χ4n) is 2.87. The second-order valence-electron chi connectivity index (χ2n) is 8.98. The van der Waals surface area contributed by atoms with Gasteiger partial charge in [-0.2, -0.15) is 0 Å². The summed E-state index contributed by atoms with van der Waals surface area (Å²) in [5, 5.41) is 9.19. The molecule has 1 aromatic carbocycles. The summed E-state index contributed by atoms with van der Waals surface area (Å²) in [6.45, 7) is 10.2. The van der Waals surface area contributed by atoms with Gasteiger partial charge in [0.1, 0.15) is 12.4 Å². The molecule has 1 amide bonds. The van der Waals surface area contributed by atoms with Crippen LogP contribution in [-0.4, -0.2) is 61.1 Å². The van der Waals surface area contributed by atoms with Crippen LogP contribution >= 0.6 is 0 Å². The maximum Gasteiger partial charge on any atom is 0.409 e. The summed E-state index contributed by atoms with van der Waals surface area (Å²) in [5.74, 6) is 0.279. The zero-order valence-corrected chi connectivity index (χ0v) is 18.6. The molecule has 7 heteroatoms. The van der Waals surface area contributed by atoms with Gasteiger partial charge in [-0.15, -0.1) is 0 Å². The molecule has 1 atom stereocenters. The standard InChI is InChI=1S/C23H35NO6/c1-5-28-20(21(25)26)14-17-8-10-19(11-9-17)29-13-12-24(15-18-6-7-18)22(27)30-16-23(2,3)4/h8-11,18,20H,5-7,12-16H2,1-4H3,(H,25,26). The fraction of sp³-hybridized carbons (Fsp3) is 0.652. The first-order valence-electron chi connectivity index (χ1n) is 10.7. The molecule has 0 heterocycles. The third-order valence-corrected chi connectivity index (χ3v) is 4.68. The Labute approximate surface area is 179 Å². The zero-order chi connectivity index (χ0) is 22.1. The van der Waals surface area contributed by atoms with E-state index in [1.54, 1.807) is 11.8 Å². The van der Waals surface area contributed by atoms with E-state index in [2.05, 4.69) is 0 Å². The van der Waals surface area contributed by atoms with E-state index in [1.165, 1.54) is 0 Å². The van der Waals surface area contributed by atoms with E-state index in [0.29, 0.717) is 51.0 Å². The monoisotopic (exact) mass is 421 g/mol. The number of benzene rings is 1. The number of nitrogens with zero attached hydrogens (tertiary/aromatic N) is 1. The average Bonchev–Trinajstić information content (AvgIpc) is 3.49. The van der Waals surface area contributed by atoms with Gasteiger partial charge in [0, 0.05) is 19.6 Å². The van der Waals surface area contributed by atoms with E-state index in [1.807, 2.05) is 45.0 Å². The van der Waals surface area contributed by atoms with Crippen molar-refractivity contribution in [3.63, 3.8) is 0 Å². The van der Waals surface area contributed by atoms with Crippen molar-refractivity contribution in [2.24, 2.45) is 11.3 Å². The van der Waals surface area contributed by atoms with Crippen molar-refractivity contribution < 1.29 is 28.9 Å². The van der Waals surface area contributed by atoms with Gasteiger partial charge in [-0.05, 0) is 48.8 Å². The van der Waals surface area contributed by atoms with Crippen LogP contribution in [0, 0.1) is 11.3 Å². The second kappa shape index (κ2) is 11.2. The minimum Gasteiger partial charge on any atom is -0.492 e. The lowest BCUT2D eigenvalue weighted by Crippen LogP contribution is -2.38. The highest BCUT2D eigenvalue weighted by molar-refractivity contribution is 5.72. The molecule has 1 aliphatic carbocycles. The molecule has 0 radical (unpaired) electrons. The molecule has 1 fully saturated rings. The molecule has 0 aliphatic heterocycles. The van der Waals surface area contributed by atoms with Gasteiger partial charge in [0.15, 0.2) is 6.10 Å². The molecule has 2 rings (SSSR count). The topological polar surface area (TPSA) is 85.3 Å². The zero-order valence-electron chi connectivity index (χ0n) is 18.6. The number of aliphatic carboxylic acids is 1. The molecule has 0 spiro atoms. The van der Waals surface area contributed by atoms with Crippen LogP contribution in [0.1, 0.15) is 46.1 Å². The smallest absolute Gasteiger partial charge is 0.409 e. The van der Waals surface area contributed by atoms with Gasteiger partial charge in [0.25, 0.3) is 0 Å². The quantitative estimate of drug-likeness (QED) is 0.549. The summed E-state index contributed by atoms with van der Waals surface area (Å²) in [6.07, 6.45) is 1.48. The Morgan fingerprint density at radius 3 is 2.40 bits per heavy atom. The van der Waals surface area contributed by atoms with Crippen molar-refractivity contribution in [3.05, 3.63) is 29.8 Å². The minimum atomic E-state index is -0.966. The highest BCUT2D eigenvalue weighted by Crippen LogP contribution is 2.30. The molecule has 1 aliphatic rings. The predicted octanol–water partition coefficient (Wildman–Crippen LogP) is 3.99. The second-order valence-corrected chi connectivity index (χ2v) is 8.98. The van der Waals surface area contributed by atoms with Crippen LogP contribution in [0.3, 0.4) is 0 Å². The lowest BCUT2D eigenvalue weighted by atomic mass is 9.99. The Morgan fingerprint density at radius 2 is 1.87 bits per heavy atom. The van der Waals surface area contributed by atoms with Crippen molar-refractivity contribution in [1.29, 1.82) is 0 Å². The van der Waals surface area contributed by atoms with E-state index in [4.69, 9.17) is 14.2 Å². The molecule has 168 valence electrons. The van der Waals surface area contributed by atoms with Crippen LogP contribution in [0.5, 0.6) is 5.75 Å². The largest absolute Gasteiger partial charge is 0.492 e. The van der Waals surface area contributed by atoms with E-state index in [-0.39, 0.29) is 11.5 Å². The van der Waals surface area contributed by atoms with E-state index >= 15 is 0 Å². The molecule has 1 aromatic rings. The number of carbonyl (C=O) groups excluding carboxylic acids is 1. The third-order valence-electron chi connectivity index (χ3n) is 4.68. The first-order chi connectivity index (χ1) is 14.2. The highest BCUT2D eigenvalue weighted by Gasteiger charge is 2.28. The summed E-state index contributed by atoms with van der Waals surface area (Å²) in [6, 6.07) is 7.29. The van der Waals surface area contributed by atoms with Gasteiger partial charge in [-0.3, -0.25) is 0 Å². The molecular formula is C23H35NO6.